The van der Waals surface area contributed by atoms with Gasteiger partial charge in [-0.15, -0.1) is 0 Å². The number of carbonyl (C=O) groups excluding carboxylic acids is 2. The van der Waals surface area contributed by atoms with Gasteiger partial charge in [0.1, 0.15) is 10.5 Å². The van der Waals surface area contributed by atoms with Crippen LogP contribution in [0.25, 0.3) is 21.8 Å². The molecule has 0 bridgehead atoms. The normalized spacial score (nSPS) is 10.6. The van der Waals surface area contributed by atoms with Crippen LogP contribution >= 0.6 is 23.2 Å². The van der Waals surface area contributed by atoms with Gasteiger partial charge >= 0.3 is 11.9 Å². The number of benzene rings is 3. The maximum absolute atomic E-state index is 12.8. The summed E-state index contributed by atoms with van der Waals surface area (Å²) in [6.45, 7) is 0. The van der Waals surface area contributed by atoms with E-state index >= 15 is 0 Å². The van der Waals surface area contributed by atoms with Crippen LogP contribution in [0.5, 0.6) is 11.6 Å². The number of hydrogen-bond donors (Lipinski definition) is 0. The quantitative estimate of drug-likeness (QED) is 0.159. The molecule has 0 fully saturated rings. The number of hydrogen-bond acceptors (Lipinski definition) is 6. The van der Waals surface area contributed by atoms with Crippen molar-refractivity contribution in [2.75, 3.05) is 0 Å². The molecule has 35 heavy (non-hydrogen) atoms. The van der Waals surface area contributed by atoms with Gasteiger partial charge in [-0.1, -0.05) is 65.7 Å². The summed E-state index contributed by atoms with van der Waals surface area (Å²) in [5.41, 5.74) is 1.38. The second kappa shape index (κ2) is 10.5. The van der Waals surface area contributed by atoms with Gasteiger partial charge in [-0.25, -0.2) is 14.6 Å². The van der Waals surface area contributed by atoms with Gasteiger partial charge in [0.15, 0.2) is 0 Å². The summed E-state index contributed by atoms with van der Waals surface area (Å²) >= 11 is 13.2. The second-order valence-electron chi connectivity index (χ2n) is 7.23. The van der Waals surface area contributed by atoms with Gasteiger partial charge in [0, 0.05) is 38.0 Å². The largest absolute Gasteiger partial charge is 0.415 e. The molecule has 0 saturated carbocycles. The molecule has 9 heteroatoms. The van der Waals surface area contributed by atoms with E-state index in [1.165, 1.54) is 0 Å². The van der Waals surface area contributed by atoms with E-state index in [2.05, 4.69) is 9.97 Å². The Labute approximate surface area is 224 Å². The number of nitrogens with zero attached hydrogens (tertiary/aromatic N) is 2. The van der Waals surface area contributed by atoms with Crippen LogP contribution in [-0.4, -0.2) is 21.9 Å². The Kier molecular flexibility index (Phi) is 7.46. The molecule has 0 spiro atoms. The standard InChI is InChI=1S/C26H14Cl2N2O4.Pt/c27-18-14-17-12-7-13-29-21(17)22-19(18)20(28)23(33-25(31)15-8-3-1-4-9-15)24(30-22)34-26(32)16-10-5-2-6-11-16;/h1-14H;. The molecule has 2 heterocycles. The minimum Gasteiger partial charge on any atom is -0.415 e. The van der Waals surface area contributed by atoms with E-state index < -0.39 is 11.9 Å². The van der Waals surface area contributed by atoms with Crippen molar-refractivity contribution >= 4 is 56.9 Å². The maximum atomic E-state index is 12.8. The minimum atomic E-state index is -0.698. The van der Waals surface area contributed by atoms with Crippen LogP contribution < -0.4 is 9.47 Å². The third-order valence-corrected chi connectivity index (χ3v) is 5.71. The van der Waals surface area contributed by atoms with E-state index in [0.717, 1.165) is 5.39 Å². The van der Waals surface area contributed by atoms with Gasteiger partial charge in [0.2, 0.25) is 5.75 Å². The summed E-state index contributed by atoms with van der Waals surface area (Å²) < 4.78 is 11.1. The van der Waals surface area contributed by atoms with E-state index in [1.807, 2.05) is 6.07 Å². The molecule has 5 aromatic rings. The Morgan fingerprint density at radius 2 is 1.34 bits per heavy atom. The summed E-state index contributed by atoms with van der Waals surface area (Å²) in [7, 11) is 0. The first-order valence-electron chi connectivity index (χ1n) is 10.1. The minimum absolute atomic E-state index is 0. The third kappa shape index (κ3) is 4.91. The van der Waals surface area contributed by atoms with Crippen LogP contribution in [0.2, 0.25) is 10.0 Å². The predicted molar refractivity (Wildman–Crippen MR) is 130 cm³/mol. The van der Waals surface area contributed by atoms with Crippen LogP contribution in [0.1, 0.15) is 20.7 Å². The maximum Gasteiger partial charge on any atom is 0.344 e. The van der Waals surface area contributed by atoms with E-state index in [1.54, 1.807) is 79.0 Å². The summed E-state index contributed by atoms with van der Waals surface area (Å²) in [4.78, 5) is 34.5. The topological polar surface area (TPSA) is 78.4 Å². The first-order chi connectivity index (χ1) is 16.5. The molecule has 0 aliphatic carbocycles. The molecule has 0 saturated heterocycles. The van der Waals surface area contributed by atoms with Crippen molar-refractivity contribution in [3.8, 4) is 11.6 Å². The number of ether oxygens (including phenoxy) is 2. The van der Waals surface area contributed by atoms with Crippen LogP contribution in [0.3, 0.4) is 0 Å². The fourth-order valence-corrected chi connectivity index (χ4v) is 4.11. The molecule has 5 rings (SSSR count). The first-order valence-corrected chi connectivity index (χ1v) is 10.9. The van der Waals surface area contributed by atoms with Crippen LogP contribution in [0.15, 0.2) is 85.1 Å². The number of rotatable bonds is 4. The fourth-order valence-electron chi connectivity index (χ4n) is 3.45. The number of aromatic nitrogens is 2. The SMILES string of the molecule is O=C(Oc1nc2c(c(Cl)cc3cccnc32)c(Cl)c1OC(=O)c1ccccc1)c1ccccc1.[Pt]. The third-order valence-electron chi connectivity index (χ3n) is 5.05. The molecular weight excluding hydrogens is 670 g/mol. The van der Waals surface area contributed by atoms with Gasteiger partial charge in [-0.3, -0.25) is 4.98 Å². The molecule has 0 aliphatic heterocycles. The average Bonchev–Trinajstić information content (AvgIpc) is 2.87. The summed E-state index contributed by atoms with van der Waals surface area (Å²) in [6.07, 6.45) is 1.60. The van der Waals surface area contributed by atoms with Crippen molar-refractivity contribution in [3.63, 3.8) is 0 Å². The Morgan fingerprint density at radius 1 is 0.743 bits per heavy atom. The zero-order valence-corrected chi connectivity index (χ0v) is 21.5. The van der Waals surface area contributed by atoms with Crippen molar-refractivity contribution in [1.29, 1.82) is 0 Å². The molecule has 176 valence electrons. The molecular formula is C26H14Cl2N2O4Pt. The number of halogens is 2. The van der Waals surface area contributed by atoms with E-state index in [-0.39, 0.29) is 53.9 Å². The van der Waals surface area contributed by atoms with Crippen molar-refractivity contribution in [1.82, 2.24) is 9.97 Å². The number of fused-ring (bicyclic) bond motifs is 3. The van der Waals surface area contributed by atoms with Gasteiger partial charge in [-0.05, 0) is 36.4 Å². The van der Waals surface area contributed by atoms with Crippen LogP contribution in [0.4, 0.5) is 0 Å². The van der Waals surface area contributed by atoms with E-state index in [4.69, 9.17) is 32.7 Å². The Hall–Kier alpha value is -3.31. The summed E-state index contributed by atoms with van der Waals surface area (Å²) in [5, 5.41) is 1.30. The monoisotopic (exact) mass is 683 g/mol. The van der Waals surface area contributed by atoms with Crippen molar-refractivity contribution in [2.45, 2.75) is 0 Å². The van der Waals surface area contributed by atoms with Gasteiger partial charge in [0.25, 0.3) is 5.88 Å². The van der Waals surface area contributed by atoms with Gasteiger partial charge in [0.05, 0.1) is 21.7 Å². The number of esters is 2. The molecule has 3 aromatic carbocycles. The Balaban J connectivity index is 0.00000289. The summed E-state index contributed by atoms with van der Waals surface area (Å²) in [6, 6.07) is 22.0. The second-order valence-corrected chi connectivity index (χ2v) is 8.01. The van der Waals surface area contributed by atoms with Gasteiger partial charge in [-0.2, -0.15) is 0 Å². The van der Waals surface area contributed by atoms with Crippen LogP contribution in [-0.2, 0) is 21.1 Å². The van der Waals surface area contributed by atoms with E-state index in [9.17, 15) is 9.59 Å². The molecule has 0 unspecified atom stereocenters. The average molecular weight is 684 g/mol. The molecule has 0 amide bonds. The number of pyridine rings is 2. The zero-order valence-electron chi connectivity index (χ0n) is 17.7. The zero-order chi connectivity index (χ0) is 23.7. The summed E-state index contributed by atoms with van der Waals surface area (Å²) in [5.74, 6) is -1.88. The molecule has 2 aromatic heterocycles. The Bertz CT molecular complexity index is 1560. The number of carbonyl (C=O) groups is 2. The smallest absolute Gasteiger partial charge is 0.344 e. The van der Waals surface area contributed by atoms with Crippen molar-refractivity contribution in [2.24, 2.45) is 0 Å². The van der Waals surface area contributed by atoms with Crippen LogP contribution in [0, 0.1) is 0 Å². The molecule has 0 atom stereocenters. The van der Waals surface area contributed by atoms with E-state index in [0.29, 0.717) is 16.4 Å². The Morgan fingerprint density at radius 3 is 1.97 bits per heavy atom. The molecule has 6 nitrogen and oxygen atoms in total. The fraction of sp³-hybridized carbons (Fsp3) is 0. The molecule has 0 radical (unpaired) electrons. The molecule has 0 N–H and O–H groups in total. The predicted octanol–water partition coefficient (Wildman–Crippen LogP) is 6.53. The molecule has 0 aliphatic rings. The van der Waals surface area contributed by atoms with Gasteiger partial charge < -0.3 is 9.47 Å². The van der Waals surface area contributed by atoms with Crippen molar-refractivity contribution in [3.05, 3.63) is 106 Å². The van der Waals surface area contributed by atoms with Crippen molar-refractivity contribution < 1.29 is 40.1 Å². The first kappa shape index (κ1) is 24.8.